The van der Waals surface area contributed by atoms with Crippen LogP contribution in [0.25, 0.3) is 0 Å². The van der Waals surface area contributed by atoms with E-state index in [1.54, 1.807) is 0 Å². The van der Waals surface area contributed by atoms with Gasteiger partial charge in [-0.25, -0.2) is 0 Å². The van der Waals surface area contributed by atoms with E-state index in [1.807, 2.05) is 35.1 Å². The molecule has 2 aromatic rings. The Bertz CT molecular complexity index is 582. The summed E-state index contributed by atoms with van der Waals surface area (Å²) in [4.78, 5) is 0. The summed E-state index contributed by atoms with van der Waals surface area (Å²) in [7, 11) is 0. The van der Waals surface area contributed by atoms with Gasteiger partial charge in [-0.2, -0.15) is 5.10 Å². The van der Waals surface area contributed by atoms with Gasteiger partial charge >= 0.3 is 0 Å². The topological polar surface area (TPSA) is 43.8 Å². The molecule has 0 saturated heterocycles. The lowest BCUT2D eigenvalue weighted by atomic mass is 10.0. The summed E-state index contributed by atoms with van der Waals surface area (Å²) < 4.78 is 2.94. The summed E-state index contributed by atoms with van der Waals surface area (Å²) in [6, 6.07) is 8.05. The lowest BCUT2D eigenvalue weighted by molar-refractivity contribution is 0.472. The van der Waals surface area contributed by atoms with E-state index in [0.717, 1.165) is 22.2 Å². The largest absolute Gasteiger partial charge is 0.324 e. The maximum absolute atomic E-state index is 6.27. The molecule has 0 aliphatic heterocycles. The molecule has 5 heteroatoms. The van der Waals surface area contributed by atoms with Gasteiger partial charge in [-0.05, 0) is 37.1 Å². The molecule has 0 saturated carbocycles. The van der Waals surface area contributed by atoms with Crippen molar-refractivity contribution < 1.29 is 0 Å². The Hall–Kier alpha value is -0.840. The van der Waals surface area contributed by atoms with Gasteiger partial charge in [0.1, 0.15) is 0 Å². The Labute approximate surface area is 133 Å². The van der Waals surface area contributed by atoms with E-state index >= 15 is 0 Å². The second kappa shape index (κ2) is 6.74. The molecule has 1 aromatic heterocycles. The van der Waals surface area contributed by atoms with E-state index in [4.69, 9.17) is 17.3 Å². The number of aromatic nitrogens is 2. The van der Waals surface area contributed by atoms with Crippen molar-refractivity contribution in [2.24, 2.45) is 5.73 Å². The van der Waals surface area contributed by atoms with Crippen LogP contribution in [0.5, 0.6) is 0 Å². The zero-order valence-corrected chi connectivity index (χ0v) is 14.0. The molecule has 0 amide bonds. The lowest BCUT2D eigenvalue weighted by Crippen LogP contribution is -2.15. The Balaban J connectivity index is 2.11. The van der Waals surface area contributed by atoms with Crippen molar-refractivity contribution in [1.29, 1.82) is 0 Å². The standard InChI is InChI=1S/C15H19BrClN3/c1-3-10(2)20-7-6-12(19-20)9-15(18)13-5-4-11(17)8-14(13)16/h4-8,10,15H,3,9,18H2,1-2H3. The van der Waals surface area contributed by atoms with Gasteiger partial charge < -0.3 is 5.73 Å². The molecule has 1 aromatic carbocycles. The molecule has 0 radical (unpaired) electrons. The van der Waals surface area contributed by atoms with Crippen molar-refractivity contribution in [3.05, 3.63) is 51.2 Å². The van der Waals surface area contributed by atoms with Crippen molar-refractivity contribution in [2.45, 2.75) is 38.8 Å². The first kappa shape index (κ1) is 15.5. The number of hydrogen-bond acceptors (Lipinski definition) is 2. The lowest BCUT2D eigenvalue weighted by Gasteiger charge is -2.13. The molecule has 2 atom stereocenters. The van der Waals surface area contributed by atoms with Crippen LogP contribution >= 0.6 is 27.5 Å². The first-order chi connectivity index (χ1) is 9.51. The second-order valence-electron chi connectivity index (χ2n) is 5.02. The molecule has 0 fully saturated rings. The summed E-state index contributed by atoms with van der Waals surface area (Å²) in [6.07, 6.45) is 3.80. The predicted molar refractivity (Wildman–Crippen MR) is 87.0 cm³/mol. The third-order valence-electron chi connectivity index (χ3n) is 3.50. The van der Waals surface area contributed by atoms with Crippen LogP contribution in [0, 0.1) is 0 Å². The molecule has 108 valence electrons. The van der Waals surface area contributed by atoms with Gasteiger partial charge in [-0.3, -0.25) is 4.68 Å². The molecule has 2 rings (SSSR count). The molecule has 0 aliphatic carbocycles. The van der Waals surface area contributed by atoms with Crippen LogP contribution in [0.2, 0.25) is 5.02 Å². The third kappa shape index (κ3) is 3.62. The average molecular weight is 357 g/mol. The first-order valence-electron chi connectivity index (χ1n) is 6.75. The van der Waals surface area contributed by atoms with Gasteiger partial charge in [0, 0.05) is 34.2 Å². The number of rotatable bonds is 5. The minimum atomic E-state index is -0.0954. The number of nitrogens with zero attached hydrogens (tertiary/aromatic N) is 2. The highest BCUT2D eigenvalue weighted by molar-refractivity contribution is 9.10. The van der Waals surface area contributed by atoms with Crippen molar-refractivity contribution in [1.82, 2.24) is 9.78 Å². The van der Waals surface area contributed by atoms with Crippen molar-refractivity contribution >= 4 is 27.5 Å². The predicted octanol–water partition coefficient (Wildman–Crippen LogP) is 4.51. The van der Waals surface area contributed by atoms with Crippen molar-refractivity contribution in [3.63, 3.8) is 0 Å². The zero-order valence-electron chi connectivity index (χ0n) is 11.7. The molecule has 2 N–H and O–H groups in total. The maximum atomic E-state index is 6.27. The van der Waals surface area contributed by atoms with Gasteiger partial charge in [0.05, 0.1) is 5.69 Å². The van der Waals surface area contributed by atoms with Gasteiger partial charge in [-0.15, -0.1) is 0 Å². The van der Waals surface area contributed by atoms with Crippen molar-refractivity contribution in [3.8, 4) is 0 Å². The number of halogens is 2. The average Bonchev–Trinajstić information content (AvgIpc) is 2.86. The highest BCUT2D eigenvalue weighted by Gasteiger charge is 2.13. The molecule has 20 heavy (non-hydrogen) atoms. The van der Waals surface area contributed by atoms with Crippen LogP contribution in [0.15, 0.2) is 34.9 Å². The maximum Gasteiger partial charge on any atom is 0.0643 e. The molecule has 2 unspecified atom stereocenters. The van der Waals surface area contributed by atoms with E-state index in [0.29, 0.717) is 17.5 Å². The Morgan fingerprint density at radius 2 is 2.15 bits per heavy atom. The molecule has 1 heterocycles. The molecule has 3 nitrogen and oxygen atoms in total. The van der Waals surface area contributed by atoms with Gasteiger partial charge in [0.15, 0.2) is 0 Å². The molecule has 0 aliphatic rings. The molecule has 0 spiro atoms. The normalized spacial score (nSPS) is 14.2. The molecular weight excluding hydrogens is 338 g/mol. The first-order valence-corrected chi connectivity index (χ1v) is 7.93. The van der Waals surface area contributed by atoms with Crippen LogP contribution in [0.3, 0.4) is 0 Å². The van der Waals surface area contributed by atoms with E-state index in [2.05, 4.69) is 34.9 Å². The Kier molecular flexibility index (Phi) is 5.24. The van der Waals surface area contributed by atoms with Gasteiger partial charge in [0.2, 0.25) is 0 Å². The van der Waals surface area contributed by atoms with E-state index in [-0.39, 0.29) is 6.04 Å². The Morgan fingerprint density at radius 1 is 1.40 bits per heavy atom. The Morgan fingerprint density at radius 3 is 2.80 bits per heavy atom. The van der Waals surface area contributed by atoms with E-state index in [1.165, 1.54) is 0 Å². The number of benzene rings is 1. The fourth-order valence-electron chi connectivity index (χ4n) is 2.06. The minimum absolute atomic E-state index is 0.0954. The summed E-state index contributed by atoms with van der Waals surface area (Å²) in [5.41, 5.74) is 8.34. The summed E-state index contributed by atoms with van der Waals surface area (Å²) in [6.45, 7) is 4.31. The SMILES string of the molecule is CCC(C)n1ccc(CC(N)c2ccc(Cl)cc2Br)n1. The quantitative estimate of drug-likeness (QED) is 0.856. The molecular formula is C15H19BrClN3. The van der Waals surface area contributed by atoms with Crippen LogP contribution in [0.1, 0.15) is 43.6 Å². The van der Waals surface area contributed by atoms with E-state index in [9.17, 15) is 0 Å². The highest BCUT2D eigenvalue weighted by Crippen LogP contribution is 2.27. The van der Waals surface area contributed by atoms with Gasteiger partial charge in [-0.1, -0.05) is 40.5 Å². The monoisotopic (exact) mass is 355 g/mol. The number of nitrogens with two attached hydrogens (primary N) is 1. The van der Waals surface area contributed by atoms with Crippen LogP contribution < -0.4 is 5.73 Å². The van der Waals surface area contributed by atoms with Gasteiger partial charge in [0.25, 0.3) is 0 Å². The van der Waals surface area contributed by atoms with Crippen molar-refractivity contribution in [2.75, 3.05) is 0 Å². The third-order valence-corrected chi connectivity index (χ3v) is 4.42. The van der Waals surface area contributed by atoms with E-state index < -0.39 is 0 Å². The van der Waals surface area contributed by atoms with Crippen LogP contribution in [-0.2, 0) is 6.42 Å². The minimum Gasteiger partial charge on any atom is -0.324 e. The fourth-order valence-corrected chi connectivity index (χ4v) is 3.03. The van der Waals surface area contributed by atoms with Crippen LogP contribution in [0.4, 0.5) is 0 Å². The fraction of sp³-hybridized carbons (Fsp3) is 0.400. The summed E-state index contributed by atoms with van der Waals surface area (Å²) in [5, 5.41) is 5.29. The summed E-state index contributed by atoms with van der Waals surface area (Å²) in [5.74, 6) is 0. The highest BCUT2D eigenvalue weighted by atomic mass is 79.9. The smallest absolute Gasteiger partial charge is 0.0643 e. The second-order valence-corrected chi connectivity index (χ2v) is 6.31. The zero-order chi connectivity index (χ0) is 14.7. The number of hydrogen-bond donors (Lipinski definition) is 1. The van der Waals surface area contributed by atoms with Crippen LogP contribution in [-0.4, -0.2) is 9.78 Å². The summed E-state index contributed by atoms with van der Waals surface area (Å²) >= 11 is 9.46. The molecule has 0 bridgehead atoms.